The summed E-state index contributed by atoms with van der Waals surface area (Å²) in [6, 6.07) is 0.418. The maximum atomic E-state index is 6.18. The lowest BCUT2D eigenvalue weighted by molar-refractivity contribution is 0.325. The molecule has 1 nitrogen and oxygen atoms in total. The van der Waals surface area contributed by atoms with Gasteiger partial charge in [0.25, 0.3) is 0 Å². The molecular weight excluding hydrogens is 170 g/mol. The van der Waals surface area contributed by atoms with E-state index in [1.165, 1.54) is 38.5 Å². The number of hydrogen-bond donors (Lipinski definition) is 1. The van der Waals surface area contributed by atoms with Gasteiger partial charge in [0.2, 0.25) is 0 Å². The highest BCUT2D eigenvalue weighted by Gasteiger charge is 2.15. The highest BCUT2D eigenvalue weighted by molar-refractivity contribution is 4.72. The summed E-state index contributed by atoms with van der Waals surface area (Å²) in [6.07, 6.45) is 7.79. The number of unbranched alkanes of at least 4 members (excludes halogenated alkanes) is 1. The van der Waals surface area contributed by atoms with Crippen LogP contribution in [0, 0.1) is 11.8 Å². The van der Waals surface area contributed by atoms with Crippen LogP contribution in [0.2, 0.25) is 0 Å². The van der Waals surface area contributed by atoms with Crippen molar-refractivity contribution in [1.82, 2.24) is 0 Å². The molecule has 86 valence electrons. The molecule has 0 aliphatic carbocycles. The first-order valence-corrected chi connectivity index (χ1v) is 6.41. The lowest BCUT2D eigenvalue weighted by Crippen LogP contribution is -2.30. The summed E-state index contributed by atoms with van der Waals surface area (Å²) in [5.74, 6) is 1.55. The monoisotopic (exact) mass is 199 g/mol. The van der Waals surface area contributed by atoms with Gasteiger partial charge in [0.15, 0.2) is 0 Å². The summed E-state index contributed by atoms with van der Waals surface area (Å²) >= 11 is 0. The van der Waals surface area contributed by atoms with Crippen LogP contribution in [-0.2, 0) is 0 Å². The zero-order valence-corrected chi connectivity index (χ0v) is 10.6. The van der Waals surface area contributed by atoms with E-state index in [2.05, 4.69) is 27.7 Å². The van der Waals surface area contributed by atoms with E-state index in [1.54, 1.807) is 0 Å². The second-order valence-corrected chi connectivity index (χ2v) is 4.70. The fourth-order valence-corrected chi connectivity index (χ4v) is 1.90. The second-order valence-electron chi connectivity index (χ2n) is 4.70. The van der Waals surface area contributed by atoms with Gasteiger partial charge in [-0.1, -0.05) is 59.8 Å². The largest absolute Gasteiger partial charge is 0.327 e. The Morgan fingerprint density at radius 1 is 1.07 bits per heavy atom. The standard InChI is InChI=1S/C13H29N/c1-5-8-9-12(7-3)10-13(14)11(4)6-2/h11-13H,5-10,14H2,1-4H3. The van der Waals surface area contributed by atoms with Gasteiger partial charge in [0.05, 0.1) is 0 Å². The molecular formula is C13H29N. The summed E-state index contributed by atoms with van der Waals surface area (Å²) in [5, 5.41) is 0. The lowest BCUT2D eigenvalue weighted by atomic mass is 9.87. The third-order valence-corrected chi connectivity index (χ3v) is 3.52. The van der Waals surface area contributed by atoms with Crippen molar-refractivity contribution in [1.29, 1.82) is 0 Å². The molecule has 0 aliphatic heterocycles. The highest BCUT2D eigenvalue weighted by atomic mass is 14.6. The summed E-state index contributed by atoms with van der Waals surface area (Å²) < 4.78 is 0. The molecule has 0 aromatic carbocycles. The maximum absolute atomic E-state index is 6.18. The van der Waals surface area contributed by atoms with Gasteiger partial charge in [-0.2, -0.15) is 0 Å². The molecule has 0 saturated heterocycles. The average molecular weight is 199 g/mol. The fraction of sp³-hybridized carbons (Fsp3) is 1.00. The summed E-state index contributed by atoms with van der Waals surface area (Å²) in [7, 11) is 0. The molecule has 14 heavy (non-hydrogen) atoms. The molecule has 0 fully saturated rings. The summed E-state index contributed by atoms with van der Waals surface area (Å²) in [5.41, 5.74) is 6.18. The van der Waals surface area contributed by atoms with Crippen molar-refractivity contribution < 1.29 is 0 Å². The first kappa shape index (κ1) is 14.0. The van der Waals surface area contributed by atoms with E-state index in [1.807, 2.05) is 0 Å². The lowest BCUT2D eigenvalue weighted by Gasteiger charge is -2.23. The Balaban J connectivity index is 3.79. The molecule has 3 atom stereocenters. The van der Waals surface area contributed by atoms with E-state index in [-0.39, 0.29) is 0 Å². The van der Waals surface area contributed by atoms with Crippen LogP contribution in [0.1, 0.15) is 66.2 Å². The van der Waals surface area contributed by atoms with Crippen molar-refractivity contribution in [3.05, 3.63) is 0 Å². The molecule has 0 spiro atoms. The molecule has 3 unspecified atom stereocenters. The summed E-state index contributed by atoms with van der Waals surface area (Å²) in [4.78, 5) is 0. The van der Waals surface area contributed by atoms with Gasteiger partial charge in [0, 0.05) is 6.04 Å². The Bertz CT molecular complexity index is 122. The number of hydrogen-bond acceptors (Lipinski definition) is 1. The molecule has 0 aliphatic rings. The van der Waals surface area contributed by atoms with Crippen molar-refractivity contribution in [2.45, 2.75) is 72.3 Å². The van der Waals surface area contributed by atoms with Crippen molar-refractivity contribution in [3.63, 3.8) is 0 Å². The van der Waals surface area contributed by atoms with Gasteiger partial charge in [0.1, 0.15) is 0 Å². The smallest absolute Gasteiger partial charge is 0.00670 e. The molecule has 0 aromatic rings. The minimum atomic E-state index is 0.418. The van der Waals surface area contributed by atoms with Crippen molar-refractivity contribution in [3.8, 4) is 0 Å². The van der Waals surface area contributed by atoms with Gasteiger partial charge >= 0.3 is 0 Å². The average Bonchev–Trinajstić information content (AvgIpc) is 2.22. The Hall–Kier alpha value is -0.0400. The van der Waals surface area contributed by atoms with E-state index in [9.17, 15) is 0 Å². The maximum Gasteiger partial charge on any atom is 0.00670 e. The van der Waals surface area contributed by atoms with Gasteiger partial charge in [-0.25, -0.2) is 0 Å². The molecule has 0 saturated carbocycles. The second kappa shape index (κ2) is 8.28. The van der Waals surface area contributed by atoms with Crippen LogP contribution in [0.25, 0.3) is 0 Å². The Morgan fingerprint density at radius 3 is 2.14 bits per heavy atom. The van der Waals surface area contributed by atoms with Crippen molar-refractivity contribution in [2.75, 3.05) is 0 Å². The van der Waals surface area contributed by atoms with Gasteiger partial charge in [-0.3, -0.25) is 0 Å². The van der Waals surface area contributed by atoms with Crippen LogP contribution in [-0.4, -0.2) is 6.04 Å². The third kappa shape index (κ3) is 5.64. The van der Waals surface area contributed by atoms with Crippen LogP contribution in [0.4, 0.5) is 0 Å². The molecule has 0 aromatic heterocycles. The minimum absolute atomic E-state index is 0.418. The Kier molecular flexibility index (Phi) is 8.26. The van der Waals surface area contributed by atoms with E-state index in [0.29, 0.717) is 12.0 Å². The minimum Gasteiger partial charge on any atom is -0.327 e. The van der Waals surface area contributed by atoms with Crippen molar-refractivity contribution in [2.24, 2.45) is 17.6 Å². The SMILES string of the molecule is CCCCC(CC)CC(N)C(C)CC. The first-order chi connectivity index (χ1) is 6.65. The van der Waals surface area contributed by atoms with E-state index >= 15 is 0 Å². The topological polar surface area (TPSA) is 26.0 Å². The predicted molar refractivity (Wildman–Crippen MR) is 65.4 cm³/mol. The van der Waals surface area contributed by atoms with Gasteiger partial charge < -0.3 is 5.73 Å². The summed E-state index contributed by atoms with van der Waals surface area (Å²) in [6.45, 7) is 9.07. The molecule has 0 rings (SSSR count). The Morgan fingerprint density at radius 2 is 1.71 bits per heavy atom. The van der Waals surface area contributed by atoms with Crippen LogP contribution in [0.15, 0.2) is 0 Å². The predicted octanol–water partition coefficient (Wildman–Crippen LogP) is 3.97. The van der Waals surface area contributed by atoms with Gasteiger partial charge in [-0.15, -0.1) is 0 Å². The molecule has 0 radical (unpaired) electrons. The van der Waals surface area contributed by atoms with E-state index < -0.39 is 0 Å². The Labute approximate surface area is 90.5 Å². The normalized spacial score (nSPS) is 17.8. The molecule has 2 N–H and O–H groups in total. The third-order valence-electron chi connectivity index (χ3n) is 3.52. The van der Waals surface area contributed by atoms with Crippen LogP contribution < -0.4 is 5.73 Å². The molecule has 0 amide bonds. The van der Waals surface area contributed by atoms with Crippen LogP contribution in [0.3, 0.4) is 0 Å². The zero-order valence-electron chi connectivity index (χ0n) is 10.6. The molecule has 0 heterocycles. The van der Waals surface area contributed by atoms with Crippen molar-refractivity contribution >= 4 is 0 Å². The fourth-order valence-electron chi connectivity index (χ4n) is 1.90. The molecule has 1 heteroatoms. The quantitative estimate of drug-likeness (QED) is 0.629. The van der Waals surface area contributed by atoms with E-state index in [0.717, 1.165) is 5.92 Å². The highest BCUT2D eigenvalue weighted by Crippen LogP contribution is 2.21. The first-order valence-electron chi connectivity index (χ1n) is 6.41. The number of rotatable bonds is 8. The van der Waals surface area contributed by atoms with Gasteiger partial charge in [-0.05, 0) is 18.3 Å². The number of nitrogens with two attached hydrogens (primary N) is 1. The molecule has 0 bridgehead atoms. The van der Waals surface area contributed by atoms with E-state index in [4.69, 9.17) is 5.73 Å². The van der Waals surface area contributed by atoms with Crippen LogP contribution >= 0.6 is 0 Å². The zero-order chi connectivity index (χ0) is 11.0. The van der Waals surface area contributed by atoms with Crippen LogP contribution in [0.5, 0.6) is 0 Å².